The molecule has 8 nitrogen and oxygen atoms in total. The van der Waals surface area contributed by atoms with Gasteiger partial charge in [0.2, 0.25) is 5.91 Å². The Bertz CT molecular complexity index is 1580. The smallest absolute Gasteiger partial charge is 0.387 e. The summed E-state index contributed by atoms with van der Waals surface area (Å²) in [6.07, 6.45) is 90.6. The lowest BCUT2D eigenvalue weighted by molar-refractivity contribution is -0.870. The van der Waals surface area contributed by atoms with Crippen LogP contribution in [-0.2, 0) is 18.4 Å². The van der Waals surface area contributed by atoms with Crippen molar-refractivity contribution in [1.29, 1.82) is 0 Å². The topological polar surface area (TPSA) is 105 Å². The van der Waals surface area contributed by atoms with Gasteiger partial charge < -0.3 is 19.8 Å². The Morgan fingerprint density at radius 1 is 0.410 bits per heavy atom. The maximum atomic E-state index is 13.1. The number of nitrogens with one attached hydrogen (secondary N) is 1. The van der Waals surface area contributed by atoms with Crippen molar-refractivity contribution in [3.63, 3.8) is 0 Å². The SMILES string of the molecule is CCCCCCC/C=C\C/C=C\C/C=C\CCCCCCCCCCCCCCCCCCCCC(=O)NC(COP(=O)(O)OCC[N+](C)(C)C)C(O)/C=C/CC/C=C/CC/C=C/CCCCCCCCCCCCCCCCCCCC. The van der Waals surface area contributed by atoms with E-state index in [1.807, 2.05) is 27.2 Å². The first-order valence-corrected chi connectivity index (χ1v) is 37.3. The number of allylic oxidation sites excluding steroid dienone is 11. The molecule has 0 fully saturated rings. The van der Waals surface area contributed by atoms with E-state index >= 15 is 0 Å². The monoisotopic (exact) mass is 1180 g/mol. The Hall–Kier alpha value is -2.06. The summed E-state index contributed by atoms with van der Waals surface area (Å²) in [4.78, 5) is 23.4. The summed E-state index contributed by atoms with van der Waals surface area (Å²) >= 11 is 0. The lowest BCUT2D eigenvalue weighted by atomic mass is 10.0. The molecule has 0 aromatic carbocycles. The Labute approximate surface area is 516 Å². The van der Waals surface area contributed by atoms with Gasteiger partial charge in [0.05, 0.1) is 39.9 Å². The number of carbonyl (C=O) groups excluding carboxylic acids is 1. The van der Waals surface area contributed by atoms with E-state index in [1.54, 1.807) is 6.08 Å². The third-order valence-electron chi connectivity index (χ3n) is 16.1. The lowest BCUT2D eigenvalue weighted by Gasteiger charge is -2.25. The van der Waals surface area contributed by atoms with Crippen LogP contribution >= 0.6 is 7.82 Å². The second-order valence-electron chi connectivity index (χ2n) is 25.6. The number of phosphoric ester groups is 1. The van der Waals surface area contributed by atoms with Crippen molar-refractivity contribution in [1.82, 2.24) is 5.32 Å². The standard InChI is InChI=1S/C74H139N2O6P/c1-6-8-10-12-14-16-18-20-22-24-26-28-30-32-34-36-37-38-39-40-42-44-46-48-50-52-54-56-58-60-62-64-66-68-74(78)75-72(71-82-83(79,80)81-70-69-76(3,4)5)73(77)67-65-63-61-59-57-55-53-51-49-47-45-43-41-35-33-31-29-27-25-23-21-19-17-15-13-11-9-7-2/h18,20,24,26,30,32,49,51,57,59,65,67,72-73,77H,6-17,19,21-23,25,27-29,31,33-48,50,52-56,58,60-64,66,68-71H2,1-5H3,(H-,75,78,79,80)/p+1/b20-18-,26-24-,32-30-,51-49+,59-57+,67-65+. The first-order valence-electron chi connectivity index (χ1n) is 35.8. The predicted molar refractivity (Wildman–Crippen MR) is 364 cm³/mol. The van der Waals surface area contributed by atoms with Crippen LogP contribution < -0.4 is 5.32 Å². The average Bonchev–Trinajstić information content (AvgIpc) is 3.49. The van der Waals surface area contributed by atoms with Crippen LogP contribution in [0.4, 0.5) is 0 Å². The third-order valence-corrected chi connectivity index (χ3v) is 17.1. The van der Waals surface area contributed by atoms with E-state index < -0.39 is 20.0 Å². The van der Waals surface area contributed by atoms with E-state index in [9.17, 15) is 19.4 Å². The summed E-state index contributed by atoms with van der Waals surface area (Å²) in [5, 5.41) is 14.0. The number of hydrogen-bond donors (Lipinski definition) is 3. The molecule has 3 atom stereocenters. The highest BCUT2D eigenvalue weighted by Crippen LogP contribution is 2.43. The molecule has 0 rings (SSSR count). The van der Waals surface area contributed by atoms with Gasteiger partial charge >= 0.3 is 7.82 Å². The number of aliphatic hydroxyl groups is 1. The maximum Gasteiger partial charge on any atom is 0.472 e. The zero-order chi connectivity index (χ0) is 60.5. The number of likely N-dealkylation sites (N-methyl/N-ethyl adjacent to an activating group) is 1. The molecule has 0 bridgehead atoms. The highest BCUT2D eigenvalue weighted by atomic mass is 31.2. The number of quaternary nitrogens is 1. The number of phosphoric acid groups is 1. The fourth-order valence-electron chi connectivity index (χ4n) is 10.6. The van der Waals surface area contributed by atoms with Gasteiger partial charge in [0.1, 0.15) is 13.2 Å². The lowest BCUT2D eigenvalue weighted by Crippen LogP contribution is -2.45. The molecule has 486 valence electrons. The molecule has 0 aromatic rings. The molecule has 0 saturated heterocycles. The molecule has 0 aromatic heterocycles. The van der Waals surface area contributed by atoms with Crippen molar-refractivity contribution in [2.75, 3.05) is 40.9 Å². The van der Waals surface area contributed by atoms with Crippen LogP contribution in [0.25, 0.3) is 0 Å². The molecule has 0 heterocycles. The molecular weight excluding hydrogens is 1040 g/mol. The van der Waals surface area contributed by atoms with E-state index in [-0.39, 0.29) is 19.1 Å². The van der Waals surface area contributed by atoms with Gasteiger partial charge in [-0.25, -0.2) is 4.57 Å². The Morgan fingerprint density at radius 3 is 1.05 bits per heavy atom. The Morgan fingerprint density at radius 2 is 0.699 bits per heavy atom. The van der Waals surface area contributed by atoms with Crippen LogP contribution in [0.2, 0.25) is 0 Å². The number of unbranched alkanes of at least 4 members (excludes halogenated alkanes) is 43. The molecule has 83 heavy (non-hydrogen) atoms. The molecular formula is C74H140N2O6P+. The van der Waals surface area contributed by atoms with Crippen LogP contribution in [0.15, 0.2) is 72.9 Å². The van der Waals surface area contributed by atoms with Crippen molar-refractivity contribution < 1.29 is 32.9 Å². The van der Waals surface area contributed by atoms with Crippen LogP contribution in [0.1, 0.15) is 341 Å². The summed E-state index contributed by atoms with van der Waals surface area (Å²) in [6.45, 7) is 4.82. The van der Waals surface area contributed by atoms with Crippen LogP contribution in [0, 0.1) is 0 Å². The molecule has 1 amide bonds. The molecule has 0 aliphatic carbocycles. The molecule has 3 N–H and O–H groups in total. The quantitative estimate of drug-likeness (QED) is 0.0243. The maximum absolute atomic E-state index is 13.1. The zero-order valence-corrected chi connectivity index (χ0v) is 56.6. The fourth-order valence-corrected chi connectivity index (χ4v) is 11.3. The van der Waals surface area contributed by atoms with Gasteiger partial charge in [-0.05, 0) is 83.5 Å². The van der Waals surface area contributed by atoms with E-state index in [0.29, 0.717) is 17.4 Å². The zero-order valence-electron chi connectivity index (χ0n) is 55.7. The normalized spacial score (nSPS) is 14.1. The van der Waals surface area contributed by atoms with Crippen molar-refractivity contribution in [3.8, 4) is 0 Å². The molecule has 3 unspecified atom stereocenters. The Kier molecular flexibility index (Phi) is 62.8. The highest BCUT2D eigenvalue weighted by Gasteiger charge is 2.28. The molecule has 0 saturated carbocycles. The predicted octanol–water partition coefficient (Wildman–Crippen LogP) is 22.9. The fraction of sp³-hybridized carbons (Fsp3) is 0.824. The number of carbonyl (C=O) groups is 1. The number of aliphatic hydroxyl groups excluding tert-OH is 1. The largest absolute Gasteiger partial charge is 0.472 e. The minimum absolute atomic E-state index is 0.0526. The first kappa shape index (κ1) is 80.9. The van der Waals surface area contributed by atoms with Gasteiger partial charge in [0, 0.05) is 6.42 Å². The summed E-state index contributed by atoms with van der Waals surface area (Å²) in [5.41, 5.74) is 0. The number of amides is 1. The summed E-state index contributed by atoms with van der Waals surface area (Å²) in [7, 11) is 1.55. The van der Waals surface area contributed by atoms with E-state index in [0.717, 1.165) is 57.8 Å². The van der Waals surface area contributed by atoms with Gasteiger partial charge in [-0.1, -0.05) is 324 Å². The van der Waals surface area contributed by atoms with Crippen molar-refractivity contribution in [2.24, 2.45) is 0 Å². The second kappa shape index (κ2) is 64.4. The summed E-state index contributed by atoms with van der Waals surface area (Å²) in [5.74, 6) is -0.187. The van der Waals surface area contributed by atoms with Gasteiger partial charge in [-0.2, -0.15) is 0 Å². The van der Waals surface area contributed by atoms with Crippen LogP contribution in [0.5, 0.6) is 0 Å². The highest BCUT2D eigenvalue weighted by molar-refractivity contribution is 7.47. The molecule has 0 aliphatic heterocycles. The van der Waals surface area contributed by atoms with Gasteiger partial charge in [0.15, 0.2) is 0 Å². The van der Waals surface area contributed by atoms with Gasteiger partial charge in [0.25, 0.3) is 0 Å². The van der Waals surface area contributed by atoms with E-state index in [2.05, 4.69) is 79.9 Å². The summed E-state index contributed by atoms with van der Waals surface area (Å²) < 4.78 is 23.8. The van der Waals surface area contributed by atoms with Crippen molar-refractivity contribution in [3.05, 3.63) is 72.9 Å². The second-order valence-corrected chi connectivity index (χ2v) is 27.0. The van der Waals surface area contributed by atoms with Gasteiger partial charge in [-0.15, -0.1) is 0 Å². The average molecular weight is 1180 g/mol. The summed E-state index contributed by atoms with van der Waals surface area (Å²) in [6, 6.07) is -0.874. The molecule has 0 radical (unpaired) electrons. The van der Waals surface area contributed by atoms with Crippen LogP contribution in [0.3, 0.4) is 0 Å². The molecule has 9 heteroatoms. The molecule has 0 aliphatic rings. The van der Waals surface area contributed by atoms with Crippen LogP contribution in [-0.4, -0.2) is 73.4 Å². The van der Waals surface area contributed by atoms with E-state index in [4.69, 9.17) is 9.05 Å². The minimum atomic E-state index is -4.37. The van der Waals surface area contributed by atoms with Gasteiger partial charge in [-0.3, -0.25) is 13.8 Å². The first-order chi connectivity index (χ1) is 40.5. The Balaban J connectivity index is 4.10. The number of rotatable bonds is 66. The van der Waals surface area contributed by atoms with Crippen molar-refractivity contribution >= 4 is 13.7 Å². The molecule has 0 spiro atoms. The third kappa shape index (κ3) is 67.3. The number of nitrogens with zero attached hydrogens (tertiary/aromatic N) is 1. The van der Waals surface area contributed by atoms with E-state index in [1.165, 1.54) is 263 Å². The minimum Gasteiger partial charge on any atom is -0.387 e. The number of hydrogen-bond acceptors (Lipinski definition) is 5. The van der Waals surface area contributed by atoms with Crippen molar-refractivity contribution in [2.45, 2.75) is 353 Å².